The molecule has 0 bridgehead atoms. The quantitative estimate of drug-likeness (QED) is 0.182. The fourth-order valence-electron chi connectivity index (χ4n) is 4.08. The highest BCUT2D eigenvalue weighted by Crippen LogP contribution is 2.26. The topological polar surface area (TPSA) is 147 Å². The first-order valence-corrected chi connectivity index (χ1v) is 14.0. The number of carbonyl (C=O) groups is 1. The first-order chi connectivity index (χ1) is 19.4. The van der Waals surface area contributed by atoms with E-state index in [1.807, 2.05) is 12.1 Å². The number of hydrogen-bond donors (Lipinski definition) is 0. The number of carbonyl (C=O) groups excluding carboxylic acids is 2. The van der Waals surface area contributed by atoms with Crippen LogP contribution in [0.15, 0.2) is 90.3 Å². The molecule has 213 valence electrons. The van der Waals surface area contributed by atoms with Gasteiger partial charge in [0.15, 0.2) is 11.6 Å². The van der Waals surface area contributed by atoms with Gasteiger partial charge in [0.05, 0.1) is 17.9 Å². The lowest BCUT2D eigenvalue weighted by Crippen LogP contribution is -2.58. The second-order valence-electron chi connectivity index (χ2n) is 10.1. The fraction of sp³-hybridized carbons (Fsp3) is 0.250. The molecule has 1 radical (unpaired) electrons. The lowest BCUT2D eigenvalue weighted by molar-refractivity contribution is -0.311. The first-order valence-electron chi connectivity index (χ1n) is 12.6. The molecule has 0 spiro atoms. The third-order valence-corrected chi connectivity index (χ3v) is 7.44. The molecule has 1 atom stereocenters. The summed E-state index contributed by atoms with van der Waals surface area (Å²) in [6.45, 7) is 3.82. The maximum atomic E-state index is 13.7. The monoisotopic (exact) mass is 577 g/mol. The van der Waals surface area contributed by atoms with E-state index >= 15 is 0 Å². The van der Waals surface area contributed by atoms with Crippen molar-refractivity contribution in [3.63, 3.8) is 0 Å². The van der Waals surface area contributed by atoms with Gasteiger partial charge in [0.25, 0.3) is 15.8 Å². The van der Waals surface area contributed by atoms with Gasteiger partial charge in [0.2, 0.25) is 0 Å². The number of rotatable bonds is 12. The third kappa shape index (κ3) is 7.27. The molecule has 0 aliphatic carbocycles. The van der Waals surface area contributed by atoms with Gasteiger partial charge in [-0.05, 0) is 62.7 Å². The zero-order valence-corrected chi connectivity index (χ0v) is 23.6. The Morgan fingerprint density at radius 1 is 1.02 bits per heavy atom. The summed E-state index contributed by atoms with van der Waals surface area (Å²) in [5.41, 5.74) is 0.777. The van der Waals surface area contributed by atoms with Crippen molar-refractivity contribution < 1.29 is 28.0 Å². The molecule has 0 N–H and O–H groups in total. The van der Waals surface area contributed by atoms with E-state index < -0.39 is 32.8 Å². The summed E-state index contributed by atoms with van der Waals surface area (Å²) < 4.78 is 29.1. The van der Waals surface area contributed by atoms with Crippen molar-refractivity contribution in [2.45, 2.75) is 44.5 Å². The molecule has 13 heteroatoms. The Hall–Kier alpha value is -4.30. The molecule has 0 saturated carbocycles. The molecule has 4 rings (SSSR count). The normalized spacial score (nSPS) is 13.6. The highest BCUT2D eigenvalue weighted by Gasteiger charge is 2.42. The minimum absolute atomic E-state index is 0.0262. The lowest BCUT2D eigenvalue weighted by Gasteiger charge is -2.32. The van der Waals surface area contributed by atoms with Crippen LogP contribution in [0.3, 0.4) is 0 Å². The van der Waals surface area contributed by atoms with Gasteiger partial charge < -0.3 is 9.90 Å². The van der Waals surface area contributed by atoms with Crippen LogP contribution in [0.1, 0.15) is 32.0 Å². The van der Waals surface area contributed by atoms with Crippen molar-refractivity contribution in [2.24, 2.45) is 0 Å². The van der Waals surface area contributed by atoms with Crippen LogP contribution in [0.4, 0.5) is 5.82 Å². The maximum Gasteiger partial charge on any atom is 0.485 e. The number of sulfonamides is 1. The Kier molecular flexibility index (Phi) is 8.73. The summed E-state index contributed by atoms with van der Waals surface area (Å²) in [4.78, 5) is 38.0. The molecule has 1 unspecified atom stereocenters. The Balaban J connectivity index is 1.71. The number of carboxylic acid groups (broad SMARTS) is 1. The number of nitrogens with zero attached hydrogens (tertiary/aromatic N) is 6. The predicted molar refractivity (Wildman–Crippen MR) is 147 cm³/mol. The van der Waals surface area contributed by atoms with Crippen LogP contribution in [-0.4, -0.2) is 57.0 Å². The van der Waals surface area contributed by atoms with Crippen molar-refractivity contribution in [2.75, 3.05) is 6.54 Å². The zero-order chi connectivity index (χ0) is 29.7. The Morgan fingerprint density at radius 2 is 1.78 bits per heavy atom. The summed E-state index contributed by atoms with van der Waals surface area (Å²) in [5, 5.41) is 15.6. The van der Waals surface area contributed by atoms with E-state index in [1.165, 1.54) is 28.7 Å². The Bertz CT molecular complexity index is 1590. The Morgan fingerprint density at radius 3 is 2.37 bits per heavy atom. The van der Waals surface area contributed by atoms with E-state index in [1.54, 1.807) is 80.7 Å². The highest BCUT2D eigenvalue weighted by molar-refractivity contribution is 7.89. The average Bonchev–Trinajstić information content (AvgIpc) is 3.47. The van der Waals surface area contributed by atoms with Gasteiger partial charge in [-0.3, -0.25) is 0 Å². The van der Waals surface area contributed by atoms with Crippen LogP contribution in [-0.2, 0) is 37.5 Å². The van der Waals surface area contributed by atoms with Gasteiger partial charge in [0, 0.05) is 31.2 Å². The summed E-state index contributed by atoms with van der Waals surface area (Å²) >= 11 is 0. The second kappa shape index (κ2) is 12.1. The number of benzene rings is 1. The van der Waals surface area contributed by atoms with Gasteiger partial charge in [-0.15, -0.1) is 0 Å². The Labute approximate surface area is 238 Å². The molecule has 3 aromatic heterocycles. The number of pyridine rings is 2. The van der Waals surface area contributed by atoms with Crippen molar-refractivity contribution in [1.29, 1.82) is 0 Å². The molecule has 41 heavy (non-hydrogen) atoms. The van der Waals surface area contributed by atoms with Crippen LogP contribution in [0, 0.1) is 0 Å². The van der Waals surface area contributed by atoms with E-state index in [0.717, 1.165) is 5.69 Å². The summed E-state index contributed by atoms with van der Waals surface area (Å²) in [5.74, 6) is -1.64. The van der Waals surface area contributed by atoms with Crippen LogP contribution in [0.2, 0.25) is 0 Å². The van der Waals surface area contributed by atoms with Crippen LogP contribution < -0.4 is 9.75 Å². The van der Waals surface area contributed by atoms with Gasteiger partial charge >= 0.3 is 6.41 Å². The van der Waals surface area contributed by atoms with Gasteiger partial charge in [-0.1, -0.05) is 28.9 Å². The van der Waals surface area contributed by atoms with E-state index in [4.69, 9.17) is 4.84 Å². The number of hydroxylamine groups is 2. The number of aromatic nitrogens is 4. The van der Waals surface area contributed by atoms with Crippen LogP contribution in [0.5, 0.6) is 0 Å². The average molecular weight is 578 g/mol. The molecule has 3 heterocycles. The zero-order valence-electron chi connectivity index (χ0n) is 22.7. The molecule has 4 aromatic rings. The summed E-state index contributed by atoms with van der Waals surface area (Å²) in [7, 11) is -4.11. The summed E-state index contributed by atoms with van der Waals surface area (Å²) in [6.07, 6.45) is 6.49. The largest absolute Gasteiger partial charge is 0.544 e. The number of hydrogen-bond acceptors (Lipinski definition) is 9. The maximum absolute atomic E-state index is 13.7. The van der Waals surface area contributed by atoms with Crippen LogP contribution >= 0.6 is 0 Å². The van der Waals surface area contributed by atoms with E-state index in [-0.39, 0.29) is 29.6 Å². The molecule has 0 saturated heterocycles. The lowest BCUT2D eigenvalue weighted by atomic mass is 10.2. The minimum Gasteiger partial charge on any atom is -0.544 e. The van der Waals surface area contributed by atoms with Crippen molar-refractivity contribution >= 4 is 28.2 Å². The van der Waals surface area contributed by atoms with Gasteiger partial charge in [-0.25, -0.2) is 22.9 Å². The van der Waals surface area contributed by atoms with Crippen molar-refractivity contribution in [3.05, 3.63) is 96.6 Å². The van der Waals surface area contributed by atoms with E-state index in [2.05, 4.69) is 15.1 Å². The molecule has 0 aliphatic rings. The standard InChI is InChI=1S/C28H30N6O6S/c1-28(2,3)40-34(21-35,20-27(36)37)25-9-6-8-23(31-25)19-32(41(38,39)26-10-4-5-15-29-26)18-22-11-13-24(14-12-22)33-17-7-16-30-33/h4-17H,18-20H2,1-3H3,(H,36,37)/q+1/p-1. The molecule has 1 aromatic carbocycles. The number of aliphatic carboxylic acids is 1. The minimum atomic E-state index is -4.11. The van der Waals surface area contributed by atoms with Gasteiger partial charge in [-0.2, -0.15) is 19.2 Å². The number of amides is 1. The summed E-state index contributed by atoms with van der Waals surface area (Å²) in [6, 6.07) is 18.1. The fourth-order valence-corrected chi connectivity index (χ4v) is 5.41. The van der Waals surface area contributed by atoms with E-state index in [0.29, 0.717) is 5.56 Å². The van der Waals surface area contributed by atoms with Gasteiger partial charge in [0.1, 0.15) is 11.6 Å². The van der Waals surface area contributed by atoms with Crippen LogP contribution in [0.25, 0.3) is 5.69 Å². The number of quaternary nitrogens is 1. The highest BCUT2D eigenvalue weighted by atomic mass is 32.2. The molecule has 0 aliphatic heterocycles. The second-order valence-corrected chi connectivity index (χ2v) is 12.0. The van der Waals surface area contributed by atoms with E-state index in [9.17, 15) is 23.1 Å². The molecular formula is C28H29N6O6S. The predicted octanol–water partition coefficient (Wildman–Crippen LogP) is 1.91. The smallest absolute Gasteiger partial charge is 0.485 e. The molecule has 1 amide bonds. The van der Waals surface area contributed by atoms with Crippen molar-refractivity contribution in [1.82, 2.24) is 28.7 Å². The molecule has 0 fully saturated rings. The third-order valence-electron chi connectivity index (χ3n) is 5.74. The first kappa shape index (κ1) is 29.7. The molecular weight excluding hydrogens is 548 g/mol. The van der Waals surface area contributed by atoms with Crippen molar-refractivity contribution in [3.8, 4) is 5.69 Å². The number of carboxylic acids is 1. The SMILES string of the molecule is CC(C)(C)O[N+]([C]=O)(CC(=O)[O-])c1cccc(CN(Cc2ccc(-n3cccn3)cc2)S(=O)(=O)c2ccccn2)n1. The molecule has 12 nitrogen and oxygen atoms in total.